The number of nitriles is 1. The van der Waals surface area contributed by atoms with Crippen molar-refractivity contribution in [3.05, 3.63) is 0 Å². The number of hydrogen-bond donors (Lipinski definition) is 1. The van der Waals surface area contributed by atoms with Gasteiger partial charge in [-0.1, -0.05) is 6.92 Å². The van der Waals surface area contributed by atoms with Crippen molar-refractivity contribution in [1.29, 1.82) is 5.26 Å². The van der Waals surface area contributed by atoms with E-state index in [0.717, 1.165) is 6.42 Å². The summed E-state index contributed by atoms with van der Waals surface area (Å²) < 4.78 is 4.95. The van der Waals surface area contributed by atoms with Gasteiger partial charge in [-0.3, -0.25) is 0 Å². The second-order valence-corrected chi connectivity index (χ2v) is 2.66. The van der Waals surface area contributed by atoms with Gasteiger partial charge in [-0.15, -0.1) is 0 Å². The Balaban J connectivity index is 3.39. The van der Waals surface area contributed by atoms with Crippen LogP contribution >= 0.6 is 0 Å². The molecule has 0 amide bonds. The number of nitrogens with zero attached hydrogens (tertiary/aromatic N) is 1. The van der Waals surface area contributed by atoms with E-state index in [4.69, 9.17) is 15.7 Å². The molecule has 0 bridgehead atoms. The van der Waals surface area contributed by atoms with Crippen LogP contribution in [0, 0.1) is 11.3 Å². The molecule has 1 unspecified atom stereocenters. The summed E-state index contributed by atoms with van der Waals surface area (Å²) in [5, 5.41) is 8.12. The highest BCUT2D eigenvalue weighted by Gasteiger charge is 2.14. The topological polar surface area (TPSA) is 59.0 Å². The Morgan fingerprint density at radius 3 is 2.70 bits per heavy atom. The monoisotopic (exact) mass is 142 g/mol. The quantitative estimate of drug-likeness (QED) is 0.586. The second kappa shape index (κ2) is 4.26. The summed E-state index contributed by atoms with van der Waals surface area (Å²) in [5.74, 6) is 0. The maximum absolute atomic E-state index is 8.12. The van der Waals surface area contributed by atoms with Crippen LogP contribution in [-0.2, 0) is 4.74 Å². The molecule has 2 N–H and O–H groups in total. The average Bonchev–Trinajstić information content (AvgIpc) is 1.89. The molecule has 3 nitrogen and oxygen atoms in total. The van der Waals surface area contributed by atoms with Gasteiger partial charge in [0, 0.05) is 5.54 Å². The first kappa shape index (κ1) is 9.41. The molecule has 0 rings (SSSR count). The summed E-state index contributed by atoms with van der Waals surface area (Å²) in [6, 6.07) is 1.89. The Hall–Kier alpha value is -0.590. The molecule has 0 radical (unpaired) electrons. The van der Waals surface area contributed by atoms with Crippen LogP contribution in [0.2, 0.25) is 0 Å². The lowest BCUT2D eigenvalue weighted by molar-refractivity contribution is 0.114. The second-order valence-electron chi connectivity index (χ2n) is 2.66. The van der Waals surface area contributed by atoms with Crippen LogP contribution < -0.4 is 5.73 Å². The van der Waals surface area contributed by atoms with Crippen molar-refractivity contribution in [3.63, 3.8) is 0 Å². The zero-order valence-corrected chi connectivity index (χ0v) is 6.55. The Morgan fingerprint density at radius 2 is 2.30 bits per heavy atom. The van der Waals surface area contributed by atoms with Gasteiger partial charge >= 0.3 is 0 Å². The van der Waals surface area contributed by atoms with Gasteiger partial charge in [0.15, 0.2) is 0 Å². The normalized spacial score (nSPS) is 15.8. The molecule has 0 heterocycles. The van der Waals surface area contributed by atoms with Gasteiger partial charge in [-0.2, -0.15) is 5.26 Å². The van der Waals surface area contributed by atoms with Gasteiger partial charge in [0.2, 0.25) is 0 Å². The van der Waals surface area contributed by atoms with Crippen LogP contribution in [0.15, 0.2) is 0 Å². The molecule has 0 aromatic carbocycles. The lowest BCUT2D eigenvalue weighted by atomic mass is 10.0. The van der Waals surface area contributed by atoms with Crippen LogP contribution in [0.5, 0.6) is 0 Å². The summed E-state index contributed by atoms with van der Waals surface area (Å²) in [6.07, 6.45) is 0.860. The molecule has 1 atom stereocenters. The highest BCUT2D eigenvalue weighted by atomic mass is 16.5. The van der Waals surface area contributed by atoms with E-state index in [1.807, 2.05) is 19.9 Å². The van der Waals surface area contributed by atoms with Crippen molar-refractivity contribution < 1.29 is 4.74 Å². The molecular weight excluding hydrogens is 128 g/mol. The van der Waals surface area contributed by atoms with Crippen molar-refractivity contribution in [3.8, 4) is 6.07 Å². The van der Waals surface area contributed by atoms with Crippen LogP contribution in [-0.4, -0.2) is 18.8 Å². The Kier molecular flexibility index (Phi) is 4.01. The van der Waals surface area contributed by atoms with E-state index in [-0.39, 0.29) is 12.1 Å². The zero-order valence-electron chi connectivity index (χ0n) is 6.55. The lowest BCUT2D eigenvalue weighted by Crippen LogP contribution is -2.40. The highest BCUT2D eigenvalue weighted by Crippen LogP contribution is 2.03. The largest absolute Gasteiger partial charge is 0.365 e. The minimum absolute atomic E-state index is 0.132. The fourth-order valence-electron chi connectivity index (χ4n) is 0.432. The number of nitrogens with two attached hydrogens (primary N) is 1. The Bertz CT molecular complexity index is 126. The fourth-order valence-corrected chi connectivity index (χ4v) is 0.432. The van der Waals surface area contributed by atoms with Crippen molar-refractivity contribution in [2.24, 2.45) is 5.73 Å². The van der Waals surface area contributed by atoms with Gasteiger partial charge < -0.3 is 10.5 Å². The van der Waals surface area contributed by atoms with Crippen LogP contribution in [0.4, 0.5) is 0 Å². The maximum atomic E-state index is 8.12. The molecule has 0 saturated heterocycles. The van der Waals surface area contributed by atoms with Gasteiger partial charge in [0.05, 0.1) is 12.7 Å². The standard InChI is InChI=1S/C7H14N2O/c1-3-7(2,9)6-10-5-4-8/h3,5-6,9H2,1-2H3. The average molecular weight is 142 g/mol. The van der Waals surface area contributed by atoms with Crippen molar-refractivity contribution in [2.45, 2.75) is 25.8 Å². The third-order valence-electron chi connectivity index (χ3n) is 1.41. The van der Waals surface area contributed by atoms with Gasteiger partial charge in [0.25, 0.3) is 0 Å². The summed E-state index contributed by atoms with van der Waals surface area (Å²) in [5.41, 5.74) is 5.44. The van der Waals surface area contributed by atoms with E-state index in [9.17, 15) is 0 Å². The Labute approximate surface area is 61.8 Å². The van der Waals surface area contributed by atoms with E-state index < -0.39 is 0 Å². The van der Waals surface area contributed by atoms with Crippen molar-refractivity contribution in [2.75, 3.05) is 13.2 Å². The predicted molar refractivity (Wildman–Crippen MR) is 39.3 cm³/mol. The molecule has 0 aromatic rings. The van der Waals surface area contributed by atoms with E-state index in [2.05, 4.69) is 0 Å². The summed E-state index contributed by atoms with van der Waals surface area (Å²) in [4.78, 5) is 0. The molecule has 0 spiro atoms. The van der Waals surface area contributed by atoms with Gasteiger partial charge in [0.1, 0.15) is 6.61 Å². The number of rotatable bonds is 4. The van der Waals surface area contributed by atoms with Gasteiger partial charge in [-0.25, -0.2) is 0 Å². The molecule has 0 aliphatic heterocycles. The Morgan fingerprint density at radius 1 is 1.70 bits per heavy atom. The molecule has 0 aliphatic rings. The summed E-state index contributed by atoms with van der Waals surface area (Å²) in [7, 11) is 0. The van der Waals surface area contributed by atoms with Crippen molar-refractivity contribution >= 4 is 0 Å². The smallest absolute Gasteiger partial charge is 0.133 e. The van der Waals surface area contributed by atoms with Crippen LogP contribution in [0.3, 0.4) is 0 Å². The molecule has 0 fully saturated rings. The molecule has 10 heavy (non-hydrogen) atoms. The minimum atomic E-state index is -0.281. The van der Waals surface area contributed by atoms with E-state index in [1.165, 1.54) is 0 Å². The van der Waals surface area contributed by atoms with Crippen molar-refractivity contribution in [1.82, 2.24) is 0 Å². The first-order valence-corrected chi connectivity index (χ1v) is 3.36. The first-order chi connectivity index (χ1) is 4.62. The lowest BCUT2D eigenvalue weighted by Gasteiger charge is -2.21. The first-order valence-electron chi connectivity index (χ1n) is 3.36. The van der Waals surface area contributed by atoms with E-state index in [0.29, 0.717) is 6.61 Å². The summed E-state index contributed by atoms with van der Waals surface area (Å²) >= 11 is 0. The third-order valence-corrected chi connectivity index (χ3v) is 1.41. The molecular formula is C7H14N2O. The highest BCUT2D eigenvalue weighted by molar-refractivity contribution is 4.77. The SMILES string of the molecule is CCC(C)(N)COCC#N. The van der Waals surface area contributed by atoms with Crippen LogP contribution in [0.1, 0.15) is 20.3 Å². The van der Waals surface area contributed by atoms with Gasteiger partial charge in [-0.05, 0) is 13.3 Å². The zero-order chi connectivity index (χ0) is 8.04. The number of ether oxygens (including phenoxy) is 1. The molecule has 0 aromatic heterocycles. The maximum Gasteiger partial charge on any atom is 0.133 e. The minimum Gasteiger partial charge on any atom is -0.365 e. The molecule has 0 saturated carbocycles. The van der Waals surface area contributed by atoms with E-state index >= 15 is 0 Å². The molecule has 3 heteroatoms. The molecule has 0 aliphatic carbocycles. The fraction of sp³-hybridized carbons (Fsp3) is 0.857. The summed E-state index contributed by atoms with van der Waals surface area (Å²) in [6.45, 7) is 4.49. The third kappa shape index (κ3) is 4.30. The predicted octanol–water partition coefficient (Wildman–Crippen LogP) is 0.654. The number of hydrogen-bond acceptors (Lipinski definition) is 3. The van der Waals surface area contributed by atoms with E-state index in [1.54, 1.807) is 0 Å². The molecule has 58 valence electrons. The van der Waals surface area contributed by atoms with Crippen LogP contribution in [0.25, 0.3) is 0 Å².